The first-order chi connectivity index (χ1) is 16.3. The minimum atomic E-state index is -1.20. The minimum Gasteiger partial charge on any atom is -0.481 e. The van der Waals surface area contributed by atoms with Crippen molar-refractivity contribution < 1.29 is 24.2 Å². The lowest BCUT2D eigenvalue weighted by atomic mass is 9.79. The van der Waals surface area contributed by atoms with E-state index in [2.05, 4.69) is 22.8 Å². The van der Waals surface area contributed by atoms with Gasteiger partial charge in [-0.25, -0.2) is 4.79 Å². The molecule has 0 aliphatic heterocycles. The Labute approximate surface area is 199 Å². The number of amides is 2. The summed E-state index contributed by atoms with van der Waals surface area (Å²) in [5.74, 6) is -1.77. The summed E-state index contributed by atoms with van der Waals surface area (Å²) in [6, 6.07) is 16.2. The summed E-state index contributed by atoms with van der Waals surface area (Å²) < 4.78 is 5.56. The molecule has 2 atom stereocenters. The smallest absolute Gasteiger partial charge is 0.408 e. The van der Waals surface area contributed by atoms with E-state index in [1.54, 1.807) is 13.8 Å². The van der Waals surface area contributed by atoms with Gasteiger partial charge in [-0.05, 0) is 54.9 Å². The van der Waals surface area contributed by atoms with Crippen molar-refractivity contribution in [2.24, 2.45) is 11.8 Å². The second-order valence-electron chi connectivity index (χ2n) is 9.77. The molecule has 7 nitrogen and oxygen atoms in total. The molecule has 2 amide bonds. The number of aliphatic carboxylic acids is 1. The zero-order chi connectivity index (χ0) is 24.3. The number of hydrogen-bond donors (Lipinski definition) is 3. The van der Waals surface area contributed by atoms with E-state index in [4.69, 9.17) is 4.74 Å². The van der Waals surface area contributed by atoms with Crippen LogP contribution in [0.3, 0.4) is 0 Å². The Bertz CT molecular complexity index is 1030. The van der Waals surface area contributed by atoms with Crippen molar-refractivity contribution in [3.8, 4) is 11.1 Å². The number of fused-ring (bicyclic) bond motifs is 3. The van der Waals surface area contributed by atoms with Crippen LogP contribution in [0.5, 0.6) is 0 Å². The number of carbonyl (C=O) groups excluding carboxylic acids is 2. The van der Waals surface area contributed by atoms with Gasteiger partial charge in [0.15, 0.2) is 0 Å². The standard InChI is InChI=1S/C27H32N2O5/c1-27(2,25(32)28-15-17-9-3-4-10-18(17)24(30)31)29-26(33)34-16-23-21-13-7-5-11-19(21)20-12-6-8-14-22(20)23/h5-8,11-14,17-18,23H,3-4,9-10,15-16H2,1-2H3,(H,28,32)(H,29,33)(H,30,31). The third kappa shape index (κ3) is 4.93. The van der Waals surface area contributed by atoms with Gasteiger partial charge in [0.05, 0.1) is 5.92 Å². The van der Waals surface area contributed by atoms with Crippen molar-refractivity contribution in [3.05, 3.63) is 59.7 Å². The Hall–Kier alpha value is -3.35. The molecule has 180 valence electrons. The molecular weight excluding hydrogens is 432 g/mol. The molecule has 2 unspecified atom stereocenters. The largest absolute Gasteiger partial charge is 0.481 e. The predicted octanol–water partition coefficient (Wildman–Crippen LogP) is 4.31. The van der Waals surface area contributed by atoms with Crippen molar-refractivity contribution in [1.82, 2.24) is 10.6 Å². The van der Waals surface area contributed by atoms with Crippen LogP contribution in [-0.2, 0) is 14.3 Å². The number of rotatable bonds is 7. The maximum atomic E-state index is 12.8. The van der Waals surface area contributed by atoms with Gasteiger partial charge in [0, 0.05) is 12.5 Å². The average molecular weight is 465 g/mol. The van der Waals surface area contributed by atoms with E-state index in [1.807, 2.05) is 36.4 Å². The minimum absolute atomic E-state index is 0.0608. The first-order valence-electron chi connectivity index (χ1n) is 11.9. The zero-order valence-electron chi connectivity index (χ0n) is 19.7. The van der Waals surface area contributed by atoms with E-state index in [9.17, 15) is 19.5 Å². The van der Waals surface area contributed by atoms with E-state index in [0.717, 1.165) is 41.5 Å². The van der Waals surface area contributed by atoms with Gasteiger partial charge in [-0.3, -0.25) is 9.59 Å². The van der Waals surface area contributed by atoms with Gasteiger partial charge in [0.1, 0.15) is 12.1 Å². The van der Waals surface area contributed by atoms with Crippen molar-refractivity contribution in [3.63, 3.8) is 0 Å². The number of carboxylic acids is 1. The van der Waals surface area contributed by atoms with Gasteiger partial charge >= 0.3 is 12.1 Å². The van der Waals surface area contributed by atoms with Crippen LogP contribution in [0, 0.1) is 11.8 Å². The SMILES string of the molecule is CC(C)(NC(=O)OCC1c2ccccc2-c2ccccc21)C(=O)NCC1CCCCC1C(=O)O. The Kier molecular flexibility index (Phi) is 6.91. The fourth-order valence-corrected chi connectivity index (χ4v) is 5.17. The Morgan fingerprint density at radius 2 is 1.56 bits per heavy atom. The molecule has 1 fully saturated rings. The molecule has 0 spiro atoms. The Balaban J connectivity index is 1.33. The number of nitrogens with one attached hydrogen (secondary N) is 2. The number of alkyl carbamates (subject to hydrolysis) is 1. The van der Waals surface area contributed by atoms with Crippen LogP contribution in [0.25, 0.3) is 11.1 Å². The molecule has 2 aromatic rings. The van der Waals surface area contributed by atoms with Crippen molar-refractivity contribution in [1.29, 1.82) is 0 Å². The van der Waals surface area contributed by atoms with E-state index in [0.29, 0.717) is 6.42 Å². The highest BCUT2D eigenvalue weighted by atomic mass is 16.5. The molecule has 4 rings (SSSR count). The average Bonchev–Trinajstić information content (AvgIpc) is 3.14. The van der Waals surface area contributed by atoms with E-state index in [1.165, 1.54) is 0 Å². The lowest BCUT2D eigenvalue weighted by Gasteiger charge is -2.30. The number of ether oxygens (including phenoxy) is 1. The van der Waals surface area contributed by atoms with Crippen LogP contribution in [0.4, 0.5) is 4.79 Å². The molecule has 2 aliphatic rings. The van der Waals surface area contributed by atoms with E-state index < -0.39 is 23.5 Å². The van der Waals surface area contributed by atoms with E-state index >= 15 is 0 Å². The third-order valence-electron chi connectivity index (χ3n) is 7.08. The number of carbonyl (C=O) groups is 3. The number of hydrogen-bond acceptors (Lipinski definition) is 4. The summed E-state index contributed by atoms with van der Waals surface area (Å²) in [6.07, 6.45) is 2.61. The molecule has 0 saturated heterocycles. The van der Waals surface area contributed by atoms with Crippen molar-refractivity contribution in [2.45, 2.75) is 51.0 Å². The highest BCUT2D eigenvalue weighted by Crippen LogP contribution is 2.44. The van der Waals surface area contributed by atoms with Crippen LogP contribution >= 0.6 is 0 Å². The summed E-state index contributed by atoms with van der Waals surface area (Å²) in [5.41, 5.74) is 3.34. The molecule has 2 aromatic carbocycles. The third-order valence-corrected chi connectivity index (χ3v) is 7.08. The molecule has 7 heteroatoms. The molecular formula is C27H32N2O5. The van der Waals surface area contributed by atoms with Gasteiger partial charge < -0.3 is 20.5 Å². The zero-order valence-corrected chi connectivity index (χ0v) is 19.7. The maximum absolute atomic E-state index is 12.8. The lowest BCUT2D eigenvalue weighted by Crippen LogP contribution is -2.56. The molecule has 2 aliphatic carbocycles. The van der Waals surface area contributed by atoms with Gasteiger partial charge in [-0.2, -0.15) is 0 Å². The summed E-state index contributed by atoms with van der Waals surface area (Å²) >= 11 is 0. The molecule has 0 bridgehead atoms. The summed E-state index contributed by atoms with van der Waals surface area (Å²) in [5, 5.41) is 14.9. The summed E-state index contributed by atoms with van der Waals surface area (Å²) in [7, 11) is 0. The van der Waals surface area contributed by atoms with Crippen LogP contribution in [0.1, 0.15) is 56.6 Å². The van der Waals surface area contributed by atoms with Crippen LogP contribution in [0.15, 0.2) is 48.5 Å². The normalized spacial score (nSPS) is 19.6. The number of benzene rings is 2. The number of carboxylic acid groups (broad SMARTS) is 1. The molecule has 0 aromatic heterocycles. The molecule has 1 saturated carbocycles. The highest BCUT2D eigenvalue weighted by Gasteiger charge is 2.35. The fraction of sp³-hybridized carbons (Fsp3) is 0.444. The second kappa shape index (κ2) is 9.87. The lowest BCUT2D eigenvalue weighted by molar-refractivity contribution is -0.145. The quantitative estimate of drug-likeness (QED) is 0.566. The first kappa shape index (κ1) is 23.8. The van der Waals surface area contributed by atoms with Crippen molar-refractivity contribution >= 4 is 18.0 Å². The Morgan fingerprint density at radius 3 is 2.18 bits per heavy atom. The maximum Gasteiger partial charge on any atom is 0.408 e. The first-order valence-corrected chi connectivity index (χ1v) is 11.9. The van der Waals surface area contributed by atoms with Gasteiger partial charge in [0.25, 0.3) is 0 Å². The molecule has 0 radical (unpaired) electrons. The Morgan fingerprint density at radius 1 is 0.971 bits per heavy atom. The fourth-order valence-electron chi connectivity index (χ4n) is 5.17. The topological polar surface area (TPSA) is 105 Å². The monoisotopic (exact) mass is 464 g/mol. The second-order valence-corrected chi connectivity index (χ2v) is 9.77. The van der Waals surface area contributed by atoms with Gasteiger partial charge in [-0.15, -0.1) is 0 Å². The summed E-state index contributed by atoms with van der Waals surface area (Å²) in [4.78, 5) is 36.9. The summed E-state index contributed by atoms with van der Waals surface area (Å²) in [6.45, 7) is 3.67. The van der Waals surface area contributed by atoms with Crippen molar-refractivity contribution in [2.75, 3.05) is 13.2 Å². The van der Waals surface area contributed by atoms with Crippen LogP contribution in [-0.4, -0.2) is 41.8 Å². The van der Waals surface area contributed by atoms with Gasteiger partial charge in [-0.1, -0.05) is 61.4 Å². The molecule has 0 heterocycles. The highest BCUT2D eigenvalue weighted by molar-refractivity contribution is 5.89. The van der Waals surface area contributed by atoms with Crippen LogP contribution in [0.2, 0.25) is 0 Å². The van der Waals surface area contributed by atoms with Crippen LogP contribution < -0.4 is 10.6 Å². The molecule has 3 N–H and O–H groups in total. The van der Waals surface area contributed by atoms with E-state index in [-0.39, 0.29) is 30.9 Å². The van der Waals surface area contributed by atoms with Gasteiger partial charge in [0.2, 0.25) is 5.91 Å². The molecule has 34 heavy (non-hydrogen) atoms. The predicted molar refractivity (Wildman–Crippen MR) is 128 cm³/mol.